The fraction of sp³-hybridized carbons (Fsp3) is 0.0541. The minimum atomic E-state index is 0.674. The number of hydrogen-bond donors (Lipinski definition) is 0. The number of rotatable bonds is 4. The van der Waals surface area contributed by atoms with Crippen LogP contribution in [0.5, 0.6) is 0 Å². The highest BCUT2D eigenvalue weighted by Gasteiger charge is 2.19. The molecule has 7 aromatic rings. The van der Waals surface area contributed by atoms with Crippen LogP contribution in [0.3, 0.4) is 0 Å². The number of nitrogens with zero attached hydrogens (tertiary/aromatic N) is 3. The Morgan fingerprint density at radius 1 is 0.537 bits per heavy atom. The molecule has 0 spiro atoms. The van der Waals surface area contributed by atoms with Gasteiger partial charge in [0.1, 0.15) is 0 Å². The maximum Gasteiger partial charge on any atom is 0.164 e. The lowest BCUT2D eigenvalue weighted by molar-refractivity contribution is 0.986. The number of fused-ring (bicyclic) bond motifs is 4. The molecular weight excluding hydrogens is 518 g/mol. The number of allylic oxidation sites excluding steroid dienone is 1. The predicted octanol–water partition coefficient (Wildman–Crippen LogP) is 9.87. The summed E-state index contributed by atoms with van der Waals surface area (Å²) in [6.45, 7) is 0. The standard InChI is InChI=1S/C37H25N3S/c1-3-12-25(13-4-1)35-38-36(26-14-5-2-6-15-26)40-37(39-35)31-22-29(28-20-19-24-11-7-8-16-27(24)21-28)23-33-34(31)30-17-9-10-18-32(30)41-33/h1-7,9-15,17-23H,8,16H2. The molecule has 0 saturated carbocycles. The van der Waals surface area contributed by atoms with Crippen LogP contribution in [-0.2, 0) is 6.42 Å². The highest BCUT2D eigenvalue weighted by atomic mass is 32.1. The Balaban J connectivity index is 1.42. The minimum absolute atomic E-state index is 0.674. The van der Waals surface area contributed by atoms with Crippen molar-refractivity contribution in [2.45, 2.75) is 12.8 Å². The van der Waals surface area contributed by atoms with E-state index in [0.717, 1.165) is 29.5 Å². The molecule has 0 fully saturated rings. The average molecular weight is 544 g/mol. The lowest BCUT2D eigenvalue weighted by Crippen LogP contribution is -2.00. The molecule has 0 radical (unpaired) electrons. The second-order valence-electron chi connectivity index (χ2n) is 10.4. The Kier molecular flexibility index (Phi) is 5.78. The molecule has 3 nitrogen and oxygen atoms in total. The van der Waals surface area contributed by atoms with Crippen LogP contribution in [0.15, 0.2) is 121 Å². The molecule has 194 valence electrons. The van der Waals surface area contributed by atoms with Crippen molar-refractivity contribution in [1.29, 1.82) is 0 Å². The summed E-state index contributed by atoms with van der Waals surface area (Å²) in [4.78, 5) is 15.2. The van der Waals surface area contributed by atoms with Gasteiger partial charge in [-0.05, 0) is 53.3 Å². The number of hydrogen-bond acceptors (Lipinski definition) is 4. The Hall–Kier alpha value is -4.93. The van der Waals surface area contributed by atoms with E-state index in [1.807, 2.05) is 47.7 Å². The van der Waals surface area contributed by atoms with E-state index < -0.39 is 0 Å². The zero-order chi connectivity index (χ0) is 27.2. The van der Waals surface area contributed by atoms with Crippen molar-refractivity contribution in [3.8, 4) is 45.3 Å². The molecule has 1 aliphatic rings. The maximum atomic E-state index is 5.11. The van der Waals surface area contributed by atoms with Crippen LogP contribution in [0.2, 0.25) is 0 Å². The van der Waals surface area contributed by atoms with E-state index in [4.69, 9.17) is 15.0 Å². The lowest BCUT2D eigenvalue weighted by atomic mass is 9.92. The third-order valence-electron chi connectivity index (χ3n) is 7.77. The summed E-state index contributed by atoms with van der Waals surface area (Å²) >= 11 is 1.83. The molecule has 0 saturated heterocycles. The van der Waals surface area contributed by atoms with Crippen molar-refractivity contribution < 1.29 is 0 Å². The van der Waals surface area contributed by atoms with Crippen molar-refractivity contribution in [2.75, 3.05) is 0 Å². The zero-order valence-electron chi connectivity index (χ0n) is 22.3. The van der Waals surface area contributed by atoms with Crippen molar-refractivity contribution in [2.24, 2.45) is 0 Å². The first-order valence-electron chi connectivity index (χ1n) is 13.9. The normalized spacial score (nSPS) is 12.6. The molecule has 0 amide bonds. The van der Waals surface area contributed by atoms with Crippen molar-refractivity contribution in [3.63, 3.8) is 0 Å². The van der Waals surface area contributed by atoms with Crippen LogP contribution >= 0.6 is 11.3 Å². The van der Waals surface area contributed by atoms with Crippen LogP contribution in [0, 0.1) is 0 Å². The Bertz CT molecular complexity index is 2040. The van der Waals surface area contributed by atoms with Crippen LogP contribution in [0.25, 0.3) is 71.5 Å². The Labute approximate surface area is 242 Å². The molecule has 0 bridgehead atoms. The van der Waals surface area contributed by atoms with Crippen LogP contribution in [0.1, 0.15) is 17.5 Å². The lowest BCUT2D eigenvalue weighted by Gasteiger charge is -2.14. The number of aryl methyl sites for hydroxylation is 1. The van der Waals surface area contributed by atoms with Gasteiger partial charge in [0.05, 0.1) is 0 Å². The predicted molar refractivity (Wildman–Crippen MR) is 172 cm³/mol. The van der Waals surface area contributed by atoms with Gasteiger partial charge in [-0.2, -0.15) is 0 Å². The van der Waals surface area contributed by atoms with E-state index in [0.29, 0.717) is 17.5 Å². The summed E-state index contributed by atoms with van der Waals surface area (Å²) in [5, 5.41) is 2.42. The third-order valence-corrected chi connectivity index (χ3v) is 8.89. The van der Waals surface area contributed by atoms with Gasteiger partial charge < -0.3 is 0 Å². The van der Waals surface area contributed by atoms with Gasteiger partial charge in [0.25, 0.3) is 0 Å². The summed E-state index contributed by atoms with van der Waals surface area (Å²) in [7, 11) is 0. The maximum absolute atomic E-state index is 5.11. The monoisotopic (exact) mass is 543 g/mol. The number of aromatic nitrogens is 3. The van der Waals surface area contributed by atoms with Gasteiger partial charge >= 0.3 is 0 Å². The fourth-order valence-corrected chi connectivity index (χ4v) is 6.91. The van der Waals surface area contributed by atoms with Gasteiger partial charge in [-0.15, -0.1) is 11.3 Å². The van der Waals surface area contributed by atoms with Crippen molar-refractivity contribution in [3.05, 3.63) is 132 Å². The van der Waals surface area contributed by atoms with Gasteiger partial charge in [-0.1, -0.05) is 109 Å². The number of thiophene rings is 1. The van der Waals surface area contributed by atoms with E-state index in [1.54, 1.807) is 0 Å². The topological polar surface area (TPSA) is 38.7 Å². The molecule has 0 N–H and O–H groups in total. The molecule has 2 aromatic heterocycles. The van der Waals surface area contributed by atoms with E-state index in [2.05, 4.69) is 91.0 Å². The first-order valence-corrected chi connectivity index (χ1v) is 14.7. The minimum Gasteiger partial charge on any atom is -0.208 e. The summed E-state index contributed by atoms with van der Waals surface area (Å²) in [6, 6.07) is 40.5. The van der Waals surface area contributed by atoms with E-state index >= 15 is 0 Å². The van der Waals surface area contributed by atoms with Gasteiger partial charge in [-0.3, -0.25) is 0 Å². The number of benzene rings is 5. The first-order chi connectivity index (χ1) is 20.3. The van der Waals surface area contributed by atoms with Crippen molar-refractivity contribution in [1.82, 2.24) is 15.0 Å². The smallest absolute Gasteiger partial charge is 0.164 e. The van der Waals surface area contributed by atoms with E-state index in [1.165, 1.54) is 42.4 Å². The molecular formula is C37H25N3S. The molecule has 0 unspecified atom stereocenters. The quantitative estimate of drug-likeness (QED) is 0.222. The SMILES string of the molecule is C1=Cc2ccc(-c3cc(-c4nc(-c5ccccc5)nc(-c5ccccc5)n4)c4c(c3)sc3ccccc34)cc2CC1. The van der Waals surface area contributed by atoms with Gasteiger partial charge in [0.2, 0.25) is 0 Å². The molecule has 5 aromatic carbocycles. The first kappa shape index (κ1) is 23.9. The van der Waals surface area contributed by atoms with Crippen LogP contribution < -0.4 is 0 Å². The summed E-state index contributed by atoms with van der Waals surface area (Å²) < 4.78 is 2.50. The van der Waals surface area contributed by atoms with E-state index in [9.17, 15) is 0 Å². The third kappa shape index (κ3) is 4.33. The second kappa shape index (κ2) is 9.92. The summed E-state index contributed by atoms with van der Waals surface area (Å²) in [6.07, 6.45) is 6.67. The zero-order valence-corrected chi connectivity index (χ0v) is 23.1. The largest absolute Gasteiger partial charge is 0.208 e. The molecule has 41 heavy (non-hydrogen) atoms. The molecule has 2 heterocycles. The summed E-state index contributed by atoms with van der Waals surface area (Å²) in [5.41, 5.74) is 8.10. The molecule has 8 rings (SSSR count). The summed E-state index contributed by atoms with van der Waals surface area (Å²) in [5.74, 6) is 2.04. The molecule has 0 aliphatic heterocycles. The van der Waals surface area contributed by atoms with E-state index in [-0.39, 0.29) is 0 Å². The average Bonchev–Trinajstić information content (AvgIpc) is 3.43. The van der Waals surface area contributed by atoms with Gasteiger partial charge in [0, 0.05) is 36.9 Å². The highest BCUT2D eigenvalue weighted by Crippen LogP contribution is 2.43. The second-order valence-corrected chi connectivity index (χ2v) is 11.5. The van der Waals surface area contributed by atoms with Crippen LogP contribution in [-0.4, -0.2) is 15.0 Å². The van der Waals surface area contributed by atoms with Crippen molar-refractivity contribution >= 4 is 37.6 Å². The molecule has 0 atom stereocenters. The molecule has 1 aliphatic carbocycles. The Morgan fingerprint density at radius 3 is 1.98 bits per heavy atom. The molecule has 4 heteroatoms. The van der Waals surface area contributed by atoms with Gasteiger partial charge in [0.15, 0.2) is 17.5 Å². The van der Waals surface area contributed by atoms with Crippen LogP contribution in [0.4, 0.5) is 0 Å². The van der Waals surface area contributed by atoms with Gasteiger partial charge in [-0.25, -0.2) is 15.0 Å². The fourth-order valence-electron chi connectivity index (χ4n) is 5.74. The highest BCUT2D eigenvalue weighted by molar-refractivity contribution is 7.26. The Morgan fingerprint density at radius 2 is 1.22 bits per heavy atom.